The van der Waals surface area contributed by atoms with Crippen LogP contribution in [0.4, 0.5) is 0 Å². The number of hydrogen-bond donors (Lipinski definition) is 2. The Kier molecular flexibility index (Phi) is 7.29. The average Bonchev–Trinajstić information content (AvgIpc) is 2.61. The number of carbonyl (C=O) groups is 1. The highest BCUT2D eigenvalue weighted by Crippen LogP contribution is 2.23. The maximum absolute atomic E-state index is 12.9. The Morgan fingerprint density at radius 3 is 2.54 bits per heavy atom. The Hall–Kier alpha value is -1.84. The van der Waals surface area contributed by atoms with Crippen LogP contribution in [0.3, 0.4) is 0 Å². The van der Waals surface area contributed by atoms with Crippen LogP contribution in [0.1, 0.15) is 57.9 Å². The molecule has 4 nitrogen and oxygen atoms in total. The van der Waals surface area contributed by atoms with Crippen molar-refractivity contribution < 1.29 is 4.79 Å². The number of carbonyl (C=O) groups excluding carboxylic acids is 1. The molecule has 1 atom stereocenters. The summed E-state index contributed by atoms with van der Waals surface area (Å²) in [6.45, 7) is 5.06. The van der Waals surface area contributed by atoms with Gasteiger partial charge in [0.25, 0.3) is 0 Å². The van der Waals surface area contributed by atoms with Gasteiger partial charge in [-0.25, -0.2) is 0 Å². The van der Waals surface area contributed by atoms with Crippen LogP contribution in [0.5, 0.6) is 0 Å². The molecule has 0 aromatic heterocycles. The van der Waals surface area contributed by atoms with E-state index in [0.717, 1.165) is 44.2 Å². The molecule has 1 aliphatic rings. The zero-order valence-electron chi connectivity index (χ0n) is 15.1. The van der Waals surface area contributed by atoms with Gasteiger partial charge in [-0.2, -0.15) is 0 Å². The Balaban J connectivity index is 2.06. The van der Waals surface area contributed by atoms with E-state index in [0.29, 0.717) is 12.3 Å². The van der Waals surface area contributed by atoms with Crippen molar-refractivity contribution in [3.05, 3.63) is 35.9 Å². The molecule has 1 aromatic carbocycles. The lowest BCUT2D eigenvalue weighted by Gasteiger charge is -2.35. The van der Waals surface area contributed by atoms with Gasteiger partial charge < -0.3 is 5.32 Å². The molecule has 132 valence electrons. The molecule has 1 fully saturated rings. The second-order valence-electron chi connectivity index (χ2n) is 6.96. The van der Waals surface area contributed by atoms with E-state index in [9.17, 15) is 4.79 Å². The van der Waals surface area contributed by atoms with E-state index in [2.05, 4.69) is 19.2 Å². The highest BCUT2D eigenvalue weighted by Gasteiger charge is 2.28. The van der Waals surface area contributed by atoms with Crippen LogP contribution in [0.2, 0.25) is 0 Å². The van der Waals surface area contributed by atoms with Gasteiger partial charge >= 0.3 is 0 Å². The van der Waals surface area contributed by atoms with Gasteiger partial charge in [-0.3, -0.25) is 15.1 Å². The van der Waals surface area contributed by atoms with Crippen LogP contribution in [0.25, 0.3) is 0 Å². The molecule has 0 bridgehead atoms. The van der Waals surface area contributed by atoms with Crippen LogP contribution in [-0.4, -0.2) is 29.4 Å². The summed E-state index contributed by atoms with van der Waals surface area (Å²) in [6.07, 6.45) is 7.00. The van der Waals surface area contributed by atoms with Crippen molar-refractivity contribution in [2.75, 3.05) is 6.54 Å². The summed E-state index contributed by atoms with van der Waals surface area (Å²) in [5, 5.41) is 11.6. The lowest BCUT2D eigenvalue weighted by molar-refractivity contribution is -0.129. The van der Waals surface area contributed by atoms with Crippen molar-refractivity contribution in [2.45, 2.75) is 64.8 Å². The van der Waals surface area contributed by atoms with Crippen LogP contribution in [0, 0.1) is 11.3 Å². The van der Waals surface area contributed by atoms with Gasteiger partial charge in [0, 0.05) is 12.6 Å². The summed E-state index contributed by atoms with van der Waals surface area (Å²) in [6, 6.07) is 10.0. The molecule has 1 aromatic rings. The van der Waals surface area contributed by atoms with Gasteiger partial charge in [0.05, 0.1) is 6.42 Å². The molecule has 1 aliphatic carbocycles. The minimum atomic E-state index is 0.0368. The SMILES string of the molecule is CC[C@H](C)CNC(=N)N(C(=O)Cc1ccccc1)C1CCCCC1. The van der Waals surface area contributed by atoms with Crippen LogP contribution in [0.15, 0.2) is 30.3 Å². The molecule has 4 heteroatoms. The second-order valence-corrected chi connectivity index (χ2v) is 6.96. The largest absolute Gasteiger partial charge is 0.356 e. The first kappa shape index (κ1) is 18.5. The van der Waals surface area contributed by atoms with Crippen molar-refractivity contribution in [3.63, 3.8) is 0 Å². The molecule has 24 heavy (non-hydrogen) atoms. The quantitative estimate of drug-likeness (QED) is 0.613. The third-order valence-electron chi connectivity index (χ3n) is 4.96. The van der Waals surface area contributed by atoms with Gasteiger partial charge in [-0.05, 0) is 24.3 Å². The van der Waals surface area contributed by atoms with Gasteiger partial charge in [0.15, 0.2) is 5.96 Å². The lowest BCUT2D eigenvalue weighted by atomic mass is 9.94. The highest BCUT2D eigenvalue weighted by atomic mass is 16.2. The zero-order valence-corrected chi connectivity index (χ0v) is 15.1. The Morgan fingerprint density at radius 2 is 1.92 bits per heavy atom. The maximum Gasteiger partial charge on any atom is 0.233 e. The summed E-state index contributed by atoms with van der Waals surface area (Å²) in [7, 11) is 0. The third-order valence-corrected chi connectivity index (χ3v) is 4.96. The standard InChI is InChI=1S/C20H31N3O/c1-3-16(2)15-22-20(21)23(18-12-8-5-9-13-18)19(24)14-17-10-6-4-7-11-17/h4,6-7,10-11,16,18H,3,5,8-9,12-15H2,1-2H3,(H2,21,22)/t16-/m0/s1. The van der Waals surface area contributed by atoms with E-state index in [1.165, 1.54) is 6.42 Å². The van der Waals surface area contributed by atoms with E-state index < -0.39 is 0 Å². The van der Waals surface area contributed by atoms with Crippen molar-refractivity contribution in [1.82, 2.24) is 10.2 Å². The molecule has 0 unspecified atom stereocenters. The van der Waals surface area contributed by atoms with Gasteiger partial charge in [0.1, 0.15) is 0 Å². The van der Waals surface area contributed by atoms with Crippen LogP contribution in [-0.2, 0) is 11.2 Å². The Labute approximate surface area is 146 Å². The topological polar surface area (TPSA) is 56.2 Å². The number of amides is 1. The molecule has 1 amide bonds. The molecule has 0 spiro atoms. The summed E-state index contributed by atoms with van der Waals surface area (Å²) in [5.74, 6) is 0.820. The predicted molar refractivity (Wildman–Crippen MR) is 99.0 cm³/mol. The zero-order chi connectivity index (χ0) is 17.4. The van der Waals surface area contributed by atoms with Crippen LogP contribution >= 0.6 is 0 Å². The number of rotatable bonds is 6. The van der Waals surface area contributed by atoms with Gasteiger partial charge in [-0.15, -0.1) is 0 Å². The number of nitrogens with one attached hydrogen (secondary N) is 2. The molecule has 1 saturated carbocycles. The van der Waals surface area contributed by atoms with E-state index in [1.54, 1.807) is 4.90 Å². The monoisotopic (exact) mass is 329 g/mol. The van der Waals surface area contributed by atoms with Gasteiger partial charge in [-0.1, -0.05) is 69.9 Å². The van der Waals surface area contributed by atoms with Crippen molar-refractivity contribution >= 4 is 11.9 Å². The minimum Gasteiger partial charge on any atom is -0.356 e. The Morgan fingerprint density at radius 1 is 1.25 bits per heavy atom. The van der Waals surface area contributed by atoms with Crippen molar-refractivity contribution in [2.24, 2.45) is 5.92 Å². The molecule has 0 aliphatic heterocycles. The molecule has 2 N–H and O–H groups in total. The highest BCUT2D eigenvalue weighted by molar-refractivity contribution is 5.96. The van der Waals surface area contributed by atoms with E-state index in [4.69, 9.17) is 5.41 Å². The first-order valence-corrected chi connectivity index (χ1v) is 9.30. The summed E-state index contributed by atoms with van der Waals surface area (Å²) in [5.41, 5.74) is 1.01. The van der Waals surface area contributed by atoms with E-state index >= 15 is 0 Å². The van der Waals surface area contributed by atoms with E-state index in [-0.39, 0.29) is 17.9 Å². The van der Waals surface area contributed by atoms with Gasteiger partial charge in [0.2, 0.25) is 5.91 Å². The van der Waals surface area contributed by atoms with Crippen molar-refractivity contribution in [1.29, 1.82) is 5.41 Å². The fraction of sp³-hybridized carbons (Fsp3) is 0.600. The molecular formula is C20H31N3O. The van der Waals surface area contributed by atoms with E-state index in [1.807, 2.05) is 30.3 Å². The Bertz CT molecular complexity index is 523. The fourth-order valence-corrected chi connectivity index (χ4v) is 3.21. The fourth-order valence-electron chi connectivity index (χ4n) is 3.21. The van der Waals surface area contributed by atoms with Crippen molar-refractivity contribution in [3.8, 4) is 0 Å². The lowest BCUT2D eigenvalue weighted by Crippen LogP contribution is -2.51. The first-order chi connectivity index (χ1) is 11.6. The molecule has 2 rings (SSSR count). The molecular weight excluding hydrogens is 298 g/mol. The van der Waals surface area contributed by atoms with Crippen LogP contribution < -0.4 is 5.32 Å². The number of hydrogen-bond acceptors (Lipinski definition) is 2. The first-order valence-electron chi connectivity index (χ1n) is 9.30. The smallest absolute Gasteiger partial charge is 0.233 e. The third kappa shape index (κ3) is 5.36. The maximum atomic E-state index is 12.9. The molecule has 0 heterocycles. The minimum absolute atomic E-state index is 0.0368. The number of benzene rings is 1. The molecule has 0 radical (unpaired) electrons. The number of guanidine groups is 1. The summed E-state index contributed by atoms with van der Waals surface area (Å²) in [4.78, 5) is 14.6. The summed E-state index contributed by atoms with van der Waals surface area (Å²) >= 11 is 0. The predicted octanol–water partition coefficient (Wildman–Crippen LogP) is 3.96. The normalized spacial score (nSPS) is 16.4. The average molecular weight is 329 g/mol. The summed E-state index contributed by atoms with van der Waals surface area (Å²) < 4.78 is 0. The number of nitrogens with zero attached hydrogens (tertiary/aromatic N) is 1. The second kappa shape index (κ2) is 9.45. The molecule has 0 saturated heterocycles.